The van der Waals surface area contributed by atoms with Gasteiger partial charge in [0.2, 0.25) is 0 Å². The number of aromatic nitrogens is 2. The number of carboxylic acids is 1. The van der Waals surface area contributed by atoms with Crippen molar-refractivity contribution in [1.29, 1.82) is 0 Å². The van der Waals surface area contributed by atoms with Crippen LogP contribution in [0.2, 0.25) is 0 Å². The van der Waals surface area contributed by atoms with Gasteiger partial charge in [-0.3, -0.25) is 9.59 Å². The number of aliphatic carboxylic acids is 1. The van der Waals surface area contributed by atoms with Crippen LogP contribution in [0.3, 0.4) is 0 Å². The zero-order valence-electron chi connectivity index (χ0n) is 15.4. The Morgan fingerprint density at radius 2 is 1.89 bits per heavy atom. The van der Waals surface area contributed by atoms with Crippen molar-refractivity contribution in [2.45, 2.75) is 26.8 Å². The number of hydrogen-bond donors (Lipinski definition) is 3. The highest BCUT2D eigenvalue weighted by Crippen LogP contribution is 2.31. The summed E-state index contributed by atoms with van der Waals surface area (Å²) in [6, 6.07) is 11.2. The number of nitrogens with one attached hydrogen (secondary N) is 1. The smallest absolute Gasteiger partial charge is 0.311 e. The van der Waals surface area contributed by atoms with Gasteiger partial charge in [0.15, 0.2) is 0 Å². The molecular weight excluding hydrogens is 344 g/mol. The summed E-state index contributed by atoms with van der Waals surface area (Å²) in [4.78, 5) is 23.5. The number of nitrogens with two attached hydrogens (primary N) is 1. The van der Waals surface area contributed by atoms with Crippen molar-refractivity contribution in [3.8, 4) is 11.1 Å². The van der Waals surface area contributed by atoms with Crippen LogP contribution in [0.1, 0.15) is 31.1 Å². The van der Waals surface area contributed by atoms with Crippen molar-refractivity contribution < 1.29 is 14.7 Å². The lowest BCUT2D eigenvalue weighted by atomic mass is 9.85. The van der Waals surface area contributed by atoms with E-state index in [9.17, 15) is 14.7 Å². The number of anilines is 1. The molecule has 2 heterocycles. The SMILES string of the molecule is CC(Nc1c(C(N)=O)cnn2cc(-c3ccccc3)cc12)C(C)(C)C(=O)O. The molecule has 0 spiro atoms. The van der Waals surface area contributed by atoms with Crippen molar-refractivity contribution in [3.63, 3.8) is 0 Å². The summed E-state index contributed by atoms with van der Waals surface area (Å²) in [5.74, 6) is -1.57. The molecule has 1 atom stereocenters. The molecule has 1 unspecified atom stereocenters. The lowest BCUT2D eigenvalue weighted by Crippen LogP contribution is -2.40. The minimum absolute atomic E-state index is 0.216. The molecule has 140 valence electrons. The van der Waals surface area contributed by atoms with Crippen LogP contribution in [0.5, 0.6) is 0 Å². The summed E-state index contributed by atoms with van der Waals surface area (Å²) in [5.41, 5.74) is 7.75. The molecule has 0 fully saturated rings. The molecule has 0 aliphatic heterocycles. The number of carbonyl (C=O) groups is 2. The van der Waals surface area contributed by atoms with E-state index in [1.54, 1.807) is 25.3 Å². The largest absolute Gasteiger partial charge is 0.481 e. The molecule has 0 saturated carbocycles. The fraction of sp³-hybridized carbons (Fsp3) is 0.250. The maximum Gasteiger partial charge on any atom is 0.311 e. The zero-order valence-corrected chi connectivity index (χ0v) is 15.4. The van der Waals surface area contributed by atoms with Gasteiger partial charge in [-0.25, -0.2) is 4.52 Å². The highest BCUT2D eigenvalue weighted by molar-refractivity contribution is 6.02. The van der Waals surface area contributed by atoms with E-state index in [2.05, 4.69) is 10.4 Å². The fourth-order valence-corrected chi connectivity index (χ4v) is 2.77. The molecule has 0 aliphatic carbocycles. The summed E-state index contributed by atoms with van der Waals surface area (Å²) >= 11 is 0. The second-order valence-corrected chi connectivity index (χ2v) is 7.11. The van der Waals surface area contributed by atoms with Gasteiger partial charge in [0.05, 0.1) is 28.4 Å². The molecule has 1 aromatic carbocycles. The Kier molecular flexibility index (Phi) is 4.61. The highest BCUT2D eigenvalue weighted by Gasteiger charge is 2.35. The summed E-state index contributed by atoms with van der Waals surface area (Å²) in [5, 5.41) is 16.9. The third-order valence-corrected chi connectivity index (χ3v) is 5.00. The Morgan fingerprint density at radius 3 is 2.48 bits per heavy atom. The first-order valence-corrected chi connectivity index (χ1v) is 8.58. The van der Waals surface area contributed by atoms with Gasteiger partial charge in [-0.15, -0.1) is 0 Å². The fourth-order valence-electron chi connectivity index (χ4n) is 2.77. The molecule has 0 saturated heterocycles. The van der Waals surface area contributed by atoms with Crippen molar-refractivity contribution in [1.82, 2.24) is 9.61 Å². The molecule has 3 rings (SSSR count). The molecule has 7 nitrogen and oxygen atoms in total. The monoisotopic (exact) mass is 366 g/mol. The predicted molar refractivity (Wildman–Crippen MR) is 104 cm³/mol. The molecule has 1 amide bonds. The van der Waals surface area contributed by atoms with Crippen LogP contribution >= 0.6 is 0 Å². The van der Waals surface area contributed by atoms with Gasteiger partial charge in [-0.1, -0.05) is 30.3 Å². The average Bonchev–Trinajstić information content (AvgIpc) is 3.07. The van der Waals surface area contributed by atoms with E-state index in [0.29, 0.717) is 11.2 Å². The summed E-state index contributed by atoms with van der Waals surface area (Å²) < 4.78 is 1.65. The number of primary amides is 1. The average molecular weight is 366 g/mol. The number of carbonyl (C=O) groups excluding carboxylic acids is 1. The van der Waals surface area contributed by atoms with Crippen LogP contribution in [0, 0.1) is 5.41 Å². The Labute approximate surface area is 156 Å². The predicted octanol–water partition coefficient (Wildman–Crippen LogP) is 3.01. The van der Waals surface area contributed by atoms with Gasteiger partial charge in [-0.2, -0.15) is 5.10 Å². The minimum Gasteiger partial charge on any atom is -0.481 e. The normalized spacial score (nSPS) is 12.7. The van der Waals surface area contributed by atoms with Gasteiger partial charge in [0, 0.05) is 17.8 Å². The first-order valence-electron chi connectivity index (χ1n) is 8.58. The van der Waals surface area contributed by atoms with E-state index in [0.717, 1.165) is 11.1 Å². The second kappa shape index (κ2) is 6.75. The Morgan fingerprint density at radius 1 is 1.22 bits per heavy atom. The molecule has 0 bridgehead atoms. The van der Waals surface area contributed by atoms with Crippen molar-refractivity contribution in [2.75, 3.05) is 5.32 Å². The molecule has 0 aliphatic rings. The minimum atomic E-state index is -1.05. The number of fused-ring (bicyclic) bond motifs is 1. The highest BCUT2D eigenvalue weighted by atomic mass is 16.4. The number of rotatable bonds is 6. The first-order chi connectivity index (χ1) is 12.7. The van der Waals surface area contributed by atoms with Gasteiger partial charge >= 0.3 is 5.97 Å². The number of carboxylic acid groups (broad SMARTS) is 1. The quantitative estimate of drug-likeness (QED) is 0.621. The van der Waals surface area contributed by atoms with E-state index < -0.39 is 23.3 Å². The Balaban J connectivity index is 2.13. The van der Waals surface area contributed by atoms with Crippen LogP contribution in [-0.2, 0) is 4.79 Å². The molecule has 2 aromatic heterocycles. The number of amides is 1. The topological polar surface area (TPSA) is 110 Å². The van der Waals surface area contributed by atoms with Gasteiger partial charge in [-0.05, 0) is 32.4 Å². The Bertz CT molecular complexity index is 1010. The lowest BCUT2D eigenvalue weighted by molar-refractivity contribution is -0.147. The maximum absolute atomic E-state index is 11.9. The van der Waals surface area contributed by atoms with E-state index in [1.807, 2.05) is 42.6 Å². The zero-order chi connectivity index (χ0) is 19.8. The van der Waals surface area contributed by atoms with Crippen molar-refractivity contribution in [2.24, 2.45) is 11.1 Å². The molecule has 7 heteroatoms. The van der Waals surface area contributed by atoms with Crippen LogP contribution in [0.25, 0.3) is 16.6 Å². The van der Waals surface area contributed by atoms with Crippen molar-refractivity contribution >= 4 is 23.1 Å². The number of benzene rings is 1. The van der Waals surface area contributed by atoms with Crippen LogP contribution in [0.4, 0.5) is 5.69 Å². The van der Waals surface area contributed by atoms with Gasteiger partial charge < -0.3 is 16.2 Å². The van der Waals surface area contributed by atoms with E-state index >= 15 is 0 Å². The third-order valence-electron chi connectivity index (χ3n) is 5.00. The third kappa shape index (κ3) is 3.36. The van der Waals surface area contributed by atoms with E-state index in [1.165, 1.54) is 6.20 Å². The summed E-state index contributed by atoms with van der Waals surface area (Å²) in [6.07, 6.45) is 3.25. The van der Waals surface area contributed by atoms with Crippen LogP contribution < -0.4 is 11.1 Å². The van der Waals surface area contributed by atoms with Crippen LogP contribution in [0.15, 0.2) is 48.8 Å². The lowest BCUT2D eigenvalue weighted by Gasteiger charge is -2.29. The summed E-state index contributed by atoms with van der Waals surface area (Å²) in [7, 11) is 0. The summed E-state index contributed by atoms with van der Waals surface area (Å²) in [6.45, 7) is 5.02. The van der Waals surface area contributed by atoms with Crippen molar-refractivity contribution in [3.05, 3.63) is 54.4 Å². The number of nitrogens with zero attached hydrogens (tertiary/aromatic N) is 2. The van der Waals surface area contributed by atoms with E-state index in [4.69, 9.17) is 5.73 Å². The second-order valence-electron chi connectivity index (χ2n) is 7.11. The standard InChI is InChI=1S/C20H22N4O3/c1-12(20(2,3)19(26)27)23-17-15(18(21)25)10-22-24-11-14(9-16(17)24)13-7-5-4-6-8-13/h4-12,23H,1-3H3,(H2,21,25)(H,26,27). The van der Waals surface area contributed by atoms with E-state index in [-0.39, 0.29) is 5.56 Å². The van der Waals surface area contributed by atoms with Gasteiger partial charge in [0.1, 0.15) is 0 Å². The molecule has 27 heavy (non-hydrogen) atoms. The molecule has 4 N–H and O–H groups in total. The Hall–Kier alpha value is -3.35. The first kappa shape index (κ1) is 18.4. The molecular formula is C20H22N4O3. The van der Waals surface area contributed by atoms with Gasteiger partial charge in [0.25, 0.3) is 5.91 Å². The number of hydrogen-bond acceptors (Lipinski definition) is 4. The van der Waals surface area contributed by atoms with Crippen LogP contribution in [-0.4, -0.2) is 32.6 Å². The molecule has 3 aromatic rings. The maximum atomic E-state index is 11.9. The molecule has 0 radical (unpaired) electrons.